The first-order valence-corrected chi connectivity index (χ1v) is 6.06. The van der Waals surface area contributed by atoms with Crippen LogP contribution in [0.25, 0.3) is 21.1 Å². The largest absolute Gasteiger partial charge is 0.464 e. The van der Waals surface area contributed by atoms with Crippen LogP contribution in [-0.2, 0) is 4.74 Å². The van der Waals surface area contributed by atoms with Crippen LogP contribution in [0.4, 0.5) is 0 Å². The number of ether oxygens (including phenoxy) is 1. The number of rotatable bonds is 1. The van der Waals surface area contributed by atoms with Crippen LogP contribution >= 0.6 is 11.3 Å². The van der Waals surface area contributed by atoms with Gasteiger partial charge in [-0.2, -0.15) is 0 Å². The molecule has 2 aromatic heterocycles. The molecule has 0 radical (unpaired) electrons. The van der Waals surface area contributed by atoms with Gasteiger partial charge in [-0.3, -0.25) is 4.79 Å². The molecule has 0 fully saturated rings. The molecule has 0 aliphatic heterocycles. The Kier molecular flexibility index (Phi) is 2.38. The first-order chi connectivity index (χ1) is 8.70. The van der Waals surface area contributed by atoms with Gasteiger partial charge in [-0.1, -0.05) is 0 Å². The number of methoxy groups -OCH3 is 1. The number of thiazole rings is 1. The highest BCUT2D eigenvalue weighted by Crippen LogP contribution is 2.24. The van der Waals surface area contributed by atoms with Crippen LogP contribution in [0.2, 0.25) is 0 Å². The summed E-state index contributed by atoms with van der Waals surface area (Å²) in [5.41, 5.74) is 3.03. The van der Waals surface area contributed by atoms with Crippen molar-refractivity contribution in [2.24, 2.45) is 0 Å². The number of carbonyl (C=O) groups is 1. The van der Waals surface area contributed by atoms with E-state index in [4.69, 9.17) is 0 Å². The lowest BCUT2D eigenvalue weighted by atomic mass is 10.2. The van der Waals surface area contributed by atoms with Gasteiger partial charge in [0.15, 0.2) is 5.43 Å². The van der Waals surface area contributed by atoms with Crippen molar-refractivity contribution in [2.45, 2.75) is 0 Å². The molecule has 1 N–H and O–H groups in total. The molecule has 0 aliphatic rings. The van der Waals surface area contributed by atoms with Crippen LogP contribution in [0.15, 0.2) is 28.5 Å². The third kappa shape index (κ3) is 1.50. The second-order valence-corrected chi connectivity index (χ2v) is 4.58. The minimum Gasteiger partial charge on any atom is -0.464 e. The van der Waals surface area contributed by atoms with Crippen LogP contribution in [0.1, 0.15) is 10.5 Å². The molecular formula is C12H8N2O3S. The molecule has 5 nitrogen and oxygen atoms in total. The van der Waals surface area contributed by atoms with Crippen LogP contribution in [0, 0.1) is 0 Å². The number of nitrogens with zero attached hydrogens (tertiary/aromatic N) is 1. The fraction of sp³-hybridized carbons (Fsp3) is 0.0833. The Hall–Kier alpha value is -2.21. The van der Waals surface area contributed by atoms with E-state index >= 15 is 0 Å². The Balaban J connectivity index is 2.43. The monoisotopic (exact) mass is 260 g/mol. The molecule has 6 heteroatoms. The van der Waals surface area contributed by atoms with Crippen molar-refractivity contribution >= 4 is 38.4 Å². The predicted molar refractivity (Wildman–Crippen MR) is 69.1 cm³/mol. The zero-order valence-corrected chi connectivity index (χ0v) is 10.2. The average Bonchev–Trinajstić information content (AvgIpc) is 2.85. The molecule has 2 heterocycles. The highest BCUT2D eigenvalue weighted by Gasteiger charge is 2.12. The summed E-state index contributed by atoms with van der Waals surface area (Å²) in [6.45, 7) is 0. The molecular weight excluding hydrogens is 252 g/mol. The van der Waals surface area contributed by atoms with Gasteiger partial charge in [0.25, 0.3) is 0 Å². The maximum Gasteiger partial charge on any atom is 0.354 e. The molecule has 0 atom stereocenters. The maximum absolute atomic E-state index is 12.1. The Labute approximate surface area is 105 Å². The molecule has 0 unspecified atom stereocenters. The summed E-state index contributed by atoms with van der Waals surface area (Å²) in [5, 5.41) is 0.558. The number of benzene rings is 1. The van der Waals surface area contributed by atoms with Crippen molar-refractivity contribution < 1.29 is 9.53 Å². The SMILES string of the molecule is COC(=O)c1cc(=O)c2c(ccc3ncsc32)[nH]1. The lowest BCUT2D eigenvalue weighted by Gasteiger charge is -2.02. The van der Waals surface area contributed by atoms with E-state index < -0.39 is 5.97 Å². The Morgan fingerprint density at radius 3 is 3.06 bits per heavy atom. The van der Waals surface area contributed by atoms with E-state index in [0.29, 0.717) is 10.9 Å². The summed E-state index contributed by atoms with van der Waals surface area (Å²) in [6, 6.07) is 4.81. The van der Waals surface area contributed by atoms with E-state index in [0.717, 1.165) is 10.2 Å². The van der Waals surface area contributed by atoms with Crippen molar-refractivity contribution in [2.75, 3.05) is 7.11 Å². The van der Waals surface area contributed by atoms with E-state index in [9.17, 15) is 9.59 Å². The standard InChI is InChI=1S/C12H8N2O3S/c1-17-12(16)8-4-9(15)10-6(14-8)2-3-7-11(10)18-5-13-7/h2-5H,1H3,(H,14,15). The lowest BCUT2D eigenvalue weighted by molar-refractivity contribution is 0.0594. The van der Waals surface area contributed by atoms with Gasteiger partial charge in [0.05, 0.1) is 33.7 Å². The van der Waals surface area contributed by atoms with Crippen molar-refractivity contribution in [3.8, 4) is 0 Å². The molecule has 1 aromatic carbocycles. The number of fused-ring (bicyclic) bond motifs is 3. The zero-order chi connectivity index (χ0) is 12.7. The molecule has 0 aliphatic carbocycles. The summed E-state index contributed by atoms with van der Waals surface area (Å²) in [5.74, 6) is -0.557. The number of nitrogens with one attached hydrogen (secondary N) is 1. The van der Waals surface area contributed by atoms with E-state index in [1.165, 1.54) is 24.5 Å². The molecule has 0 bridgehead atoms. The fourth-order valence-electron chi connectivity index (χ4n) is 1.88. The average molecular weight is 260 g/mol. The molecule has 3 aromatic rings. The molecule has 0 amide bonds. The van der Waals surface area contributed by atoms with Gasteiger partial charge in [-0.25, -0.2) is 9.78 Å². The maximum atomic E-state index is 12.1. The second-order valence-electron chi connectivity index (χ2n) is 3.73. The van der Waals surface area contributed by atoms with Crippen molar-refractivity contribution in [3.05, 3.63) is 39.6 Å². The number of hydrogen-bond donors (Lipinski definition) is 1. The second kappa shape index (κ2) is 3.92. The molecule has 90 valence electrons. The fourth-order valence-corrected chi connectivity index (χ4v) is 2.72. The zero-order valence-electron chi connectivity index (χ0n) is 9.39. The highest BCUT2D eigenvalue weighted by molar-refractivity contribution is 7.17. The first-order valence-electron chi connectivity index (χ1n) is 5.18. The molecule has 18 heavy (non-hydrogen) atoms. The Bertz CT molecular complexity index is 819. The number of aromatic amines is 1. The smallest absolute Gasteiger partial charge is 0.354 e. The summed E-state index contributed by atoms with van der Waals surface area (Å²) in [7, 11) is 1.28. The third-order valence-electron chi connectivity index (χ3n) is 2.70. The van der Waals surface area contributed by atoms with Gasteiger partial charge in [0.1, 0.15) is 5.69 Å². The number of esters is 1. The van der Waals surface area contributed by atoms with Crippen molar-refractivity contribution in [3.63, 3.8) is 0 Å². The molecule has 0 saturated heterocycles. The number of H-pyrrole nitrogens is 1. The molecule has 0 saturated carbocycles. The third-order valence-corrected chi connectivity index (χ3v) is 3.56. The van der Waals surface area contributed by atoms with E-state index in [-0.39, 0.29) is 11.1 Å². The van der Waals surface area contributed by atoms with Crippen LogP contribution in [-0.4, -0.2) is 23.0 Å². The van der Waals surface area contributed by atoms with Crippen molar-refractivity contribution in [1.82, 2.24) is 9.97 Å². The number of aromatic nitrogens is 2. The minimum atomic E-state index is -0.557. The Morgan fingerprint density at radius 1 is 1.44 bits per heavy atom. The summed E-state index contributed by atoms with van der Waals surface area (Å²) in [6.07, 6.45) is 0. The van der Waals surface area contributed by atoms with Crippen LogP contribution in [0.5, 0.6) is 0 Å². The van der Waals surface area contributed by atoms with E-state index in [2.05, 4.69) is 14.7 Å². The van der Waals surface area contributed by atoms with Gasteiger partial charge >= 0.3 is 5.97 Å². The topological polar surface area (TPSA) is 72.1 Å². The summed E-state index contributed by atoms with van der Waals surface area (Å²) >= 11 is 1.40. The quantitative estimate of drug-likeness (QED) is 0.678. The van der Waals surface area contributed by atoms with Gasteiger partial charge in [0, 0.05) is 6.07 Å². The van der Waals surface area contributed by atoms with E-state index in [1.54, 1.807) is 11.6 Å². The highest BCUT2D eigenvalue weighted by atomic mass is 32.1. The van der Waals surface area contributed by atoms with Crippen molar-refractivity contribution in [1.29, 1.82) is 0 Å². The number of carbonyl (C=O) groups excluding carboxylic acids is 1. The molecule has 0 spiro atoms. The van der Waals surface area contributed by atoms with Gasteiger partial charge in [-0.05, 0) is 12.1 Å². The predicted octanol–water partition coefficient (Wildman–Crippen LogP) is 1.92. The van der Waals surface area contributed by atoms with E-state index in [1.807, 2.05) is 6.07 Å². The normalized spacial score (nSPS) is 10.9. The number of hydrogen-bond acceptors (Lipinski definition) is 5. The van der Waals surface area contributed by atoms with Gasteiger partial charge in [0.2, 0.25) is 0 Å². The molecule has 3 rings (SSSR count). The van der Waals surface area contributed by atoms with Gasteiger partial charge < -0.3 is 9.72 Å². The summed E-state index contributed by atoms with van der Waals surface area (Å²) in [4.78, 5) is 30.6. The number of pyridine rings is 1. The van der Waals surface area contributed by atoms with Crippen LogP contribution < -0.4 is 5.43 Å². The lowest BCUT2D eigenvalue weighted by Crippen LogP contribution is -2.11. The minimum absolute atomic E-state index is 0.152. The van der Waals surface area contributed by atoms with Gasteiger partial charge in [-0.15, -0.1) is 11.3 Å². The Morgan fingerprint density at radius 2 is 2.28 bits per heavy atom. The van der Waals surface area contributed by atoms with Crippen LogP contribution in [0.3, 0.4) is 0 Å². The summed E-state index contributed by atoms with van der Waals surface area (Å²) < 4.78 is 5.42. The first kappa shape index (κ1) is 10.9.